The van der Waals surface area contributed by atoms with Crippen molar-refractivity contribution < 1.29 is 4.74 Å². The van der Waals surface area contributed by atoms with Gasteiger partial charge in [0.2, 0.25) is 0 Å². The zero-order chi connectivity index (χ0) is 15.1. The van der Waals surface area contributed by atoms with Crippen molar-refractivity contribution in [3.05, 3.63) is 15.6 Å². The molecule has 22 heavy (non-hydrogen) atoms. The molecule has 0 radical (unpaired) electrons. The molecular weight excluding hydrogens is 413 g/mol. The number of hydrogen-bond donors (Lipinski definition) is 2. The van der Waals surface area contributed by atoms with Crippen LogP contribution in [-0.2, 0) is 11.3 Å². The molecule has 1 aliphatic rings. The summed E-state index contributed by atoms with van der Waals surface area (Å²) in [6, 6.07) is 0. The van der Waals surface area contributed by atoms with E-state index in [1.165, 1.54) is 4.88 Å². The van der Waals surface area contributed by atoms with Crippen LogP contribution in [0.2, 0.25) is 0 Å². The highest BCUT2D eigenvalue weighted by Gasteiger charge is 2.10. The van der Waals surface area contributed by atoms with E-state index in [4.69, 9.17) is 4.74 Å². The van der Waals surface area contributed by atoms with Crippen LogP contribution in [0.3, 0.4) is 0 Å². The largest absolute Gasteiger partial charge is 0.379 e. The van der Waals surface area contributed by atoms with Crippen LogP contribution in [0.4, 0.5) is 0 Å². The average molecular weight is 439 g/mol. The lowest BCUT2D eigenvalue weighted by Gasteiger charge is -2.26. The second kappa shape index (κ2) is 10.3. The highest BCUT2D eigenvalue weighted by atomic mass is 127. The first-order valence-electron chi connectivity index (χ1n) is 7.36. The number of hydrogen-bond acceptors (Lipinski definition) is 5. The maximum atomic E-state index is 5.34. The Morgan fingerprint density at radius 3 is 2.64 bits per heavy atom. The maximum absolute atomic E-state index is 5.34. The highest BCUT2D eigenvalue weighted by molar-refractivity contribution is 14.0. The van der Waals surface area contributed by atoms with Crippen LogP contribution in [0.1, 0.15) is 15.6 Å². The number of aromatic nitrogens is 1. The van der Waals surface area contributed by atoms with E-state index >= 15 is 0 Å². The molecule has 6 nitrogen and oxygen atoms in total. The molecular formula is C14H26IN5OS. The van der Waals surface area contributed by atoms with Gasteiger partial charge in [-0.15, -0.1) is 35.3 Å². The third-order valence-electron chi connectivity index (χ3n) is 3.53. The predicted molar refractivity (Wildman–Crippen MR) is 102 cm³/mol. The molecule has 1 aromatic rings. The number of aryl methyl sites for hydroxylation is 2. The number of ether oxygens (including phenoxy) is 1. The molecule has 2 N–H and O–H groups in total. The van der Waals surface area contributed by atoms with Crippen molar-refractivity contribution in [1.29, 1.82) is 0 Å². The van der Waals surface area contributed by atoms with E-state index in [-0.39, 0.29) is 24.0 Å². The van der Waals surface area contributed by atoms with Crippen molar-refractivity contribution in [1.82, 2.24) is 20.5 Å². The van der Waals surface area contributed by atoms with E-state index in [9.17, 15) is 0 Å². The summed E-state index contributed by atoms with van der Waals surface area (Å²) < 4.78 is 5.34. The van der Waals surface area contributed by atoms with Gasteiger partial charge in [-0.3, -0.25) is 9.89 Å². The van der Waals surface area contributed by atoms with Crippen molar-refractivity contribution in [2.75, 3.05) is 46.4 Å². The number of morpholine rings is 1. The van der Waals surface area contributed by atoms with E-state index in [0.29, 0.717) is 0 Å². The first-order chi connectivity index (χ1) is 10.2. The van der Waals surface area contributed by atoms with Crippen LogP contribution in [0, 0.1) is 13.8 Å². The molecule has 0 aliphatic carbocycles. The minimum Gasteiger partial charge on any atom is -0.379 e. The van der Waals surface area contributed by atoms with Gasteiger partial charge in [0.25, 0.3) is 0 Å². The first-order valence-corrected chi connectivity index (χ1v) is 8.18. The Bertz CT molecular complexity index is 454. The fourth-order valence-electron chi connectivity index (χ4n) is 2.15. The Morgan fingerprint density at radius 2 is 2.05 bits per heavy atom. The predicted octanol–water partition coefficient (Wildman–Crippen LogP) is 1.38. The molecule has 0 bridgehead atoms. The van der Waals surface area contributed by atoms with Crippen LogP contribution in [-0.4, -0.2) is 62.3 Å². The zero-order valence-corrected chi connectivity index (χ0v) is 16.7. The van der Waals surface area contributed by atoms with Crippen molar-refractivity contribution in [2.45, 2.75) is 20.4 Å². The molecule has 0 atom stereocenters. The summed E-state index contributed by atoms with van der Waals surface area (Å²) in [6.45, 7) is 10.5. The van der Waals surface area contributed by atoms with Crippen molar-refractivity contribution in [3.63, 3.8) is 0 Å². The van der Waals surface area contributed by atoms with Gasteiger partial charge in [0, 0.05) is 38.1 Å². The van der Waals surface area contributed by atoms with Crippen LogP contribution >= 0.6 is 35.3 Å². The maximum Gasteiger partial charge on any atom is 0.191 e. The third-order valence-corrected chi connectivity index (χ3v) is 4.60. The standard InChI is InChI=1S/C14H25N5OS.HI/c1-11-12(2)21-13(18-11)10-17-14(15-3)16-4-5-19-6-8-20-9-7-19;/h4-10H2,1-3H3,(H2,15,16,17);1H. The molecule has 126 valence electrons. The smallest absolute Gasteiger partial charge is 0.191 e. The quantitative estimate of drug-likeness (QED) is 0.413. The van der Waals surface area contributed by atoms with Gasteiger partial charge in [0.15, 0.2) is 5.96 Å². The van der Waals surface area contributed by atoms with Crippen molar-refractivity contribution >= 4 is 41.3 Å². The molecule has 0 spiro atoms. The van der Waals surface area contributed by atoms with Crippen molar-refractivity contribution in [2.24, 2.45) is 4.99 Å². The summed E-state index contributed by atoms with van der Waals surface area (Å²) in [7, 11) is 1.79. The second-order valence-electron chi connectivity index (χ2n) is 5.06. The number of nitrogens with one attached hydrogen (secondary N) is 2. The lowest BCUT2D eigenvalue weighted by molar-refractivity contribution is 0.0389. The van der Waals surface area contributed by atoms with Gasteiger partial charge >= 0.3 is 0 Å². The van der Waals surface area contributed by atoms with Gasteiger partial charge in [-0.1, -0.05) is 0 Å². The van der Waals surface area contributed by atoms with E-state index in [1.807, 2.05) is 6.92 Å². The molecule has 2 heterocycles. The Hall–Kier alpha value is -0.450. The monoisotopic (exact) mass is 439 g/mol. The van der Waals surface area contributed by atoms with E-state index in [2.05, 4.69) is 32.4 Å². The molecule has 0 saturated carbocycles. The summed E-state index contributed by atoms with van der Waals surface area (Å²) in [4.78, 5) is 12.4. The molecule has 0 amide bonds. The molecule has 0 aromatic carbocycles. The minimum absolute atomic E-state index is 0. The highest BCUT2D eigenvalue weighted by Crippen LogP contribution is 2.15. The lowest BCUT2D eigenvalue weighted by atomic mass is 10.4. The van der Waals surface area contributed by atoms with Crippen molar-refractivity contribution in [3.8, 4) is 0 Å². The van der Waals surface area contributed by atoms with Gasteiger partial charge in [-0.05, 0) is 13.8 Å². The van der Waals surface area contributed by atoms with Gasteiger partial charge in [0.05, 0.1) is 25.5 Å². The molecule has 8 heteroatoms. The number of guanidine groups is 1. The van der Waals surface area contributed by atoms with Crippen LogP contribution in [0.25, 0.3) is 0 Å². The van der Waals surface area contributed by atoms with Gasteiger partial charge < -0.3 is 15.4 Å². The van der Waals surface area contributed by atoms with E-state index in [0.717, 1.165) is 62.6 Å². The Morgan fingerprint density at radius 1 is 1.32 bits per heavy atom. The lowest BCUT2D eigenvalue weighted by Crippen LogP contribution is -2.44. The van der Waals surface area contributed by atoms with Gasteiger partial charge in [0.1, 0.15) is 5.01 Å². The second-order valence-corrected chi connectivity index (χ2v) is 6.34. The van der Waals surface area contributed by atoms with E-state index < -0.39 is 0 Å². The summed E-state index contributed by atoms with van der Waals surface area (Å²) in [5.74, 6) is 0.828. The topological polar surface area (TPSA) is 61.8 Å². The van der Waals surface area contributed by atoms with Crippen LogP contribution in [0.15, 0.2) is 4.99 Å². The van der Waals surface area contributed by atoms with Crippen LogP contribution in [0.5, 0.6) is 0 Å². The molecule has 1 fully saturated rings. The third kappa shape index (κ3) is 6.35. The SMILES string of the molecule is CN=C(NCCN1CCOCC1)NCc1nc(C)c(C)s1.I. The molecule has 1 aromatic heterocycles. The van der Waals surface area contributed by atoms with Gasteiger partial charge in [-0.2, -0.15) is 0 Å². The average Bonchev–Trinajstić information content (AvgIpc) is 2.82. The van der Waals surface area contributed by atoms with Gasteiger partial charge in [-0.25, -0.2) is 4.98 Å². The summed E-state index contributed by atoms with van der Waals surface area (Å²) >= 11 is 1.73. The van der Waals surface area contributed by atoms with Crippen LogP contribution < -0.4 is 10.6 Å². The number of halogens is 1. The molecule has 0 unspecified atom stereocenters. The molecule has 2 rings (SSSR count). The Kier molecular flexibility index (Phi) is 9.22. The zero-order valence-electron chi connectivity index (χ0n) is 13.5. The molecule has 1 saturated heterocycles. The Labute approximate surface area is 153 Å². The molecule has 1 aliphatic heterocycles. The number of aliphatic imine (C=N–C) groups is 1. The number of rotatable bonds is 5. The summed E-state index contributed by atoms with van der Waals surface area (Å²) in [5, 5.41) is 7.75. The summed E-state index contributed by atoms with van der Waals surface area (Å²) in [5.41, 5.74) is 1.12. The minimum atomic E-state index is 0. The van der Waals surface area contributed by atoms with E-state index in [1.54, 1.807) is 18.4 Å². The summed E-state index contributed by atoms with van der Waals surface area (Å²) in [6.07, 6.45) is 0. The Balaban J connectivity index is 0.00000242. The normalized spacial score (nSPS) is 16.2. The fraction of sp³-hybridized carbons (Fsp3) is 0.714. The number of nitrogens with zero attached hydrogens (tertiary/aromatic N) is 3. The number of thiazole rings is 1. The fourth-order valence-corrected chi connectivity index (χ4v) is 3.03. The first kappa shape index (κ1) is 19.6.